The predicted octanol–water partition coefficient (Wildman–Crippen LogP) is 5.97. The minimum absolute atomic E-state index is 0.539. The van der Waals surface area contributed by atoms with Crippen molar-refractivity contribution in [1.29, 1.82) is 0 Å². The third-order valence-electron chi connectivity index (χ3n) is 8.08. The first-order valence-electron chi connectivity index (χ1n) is 11.7. The molecule has 0 heterocycles. The quantitative estimate of drug-likeness (QED) is 0.587. The molecule has 0 amide bonds. The zero-order chi connectivity index (χ0) is 20.6. The molecule has 4 aliphatic carbocycles. The predicted molar refractivity (Wildman–Crippen MR) is 121 cm³/mol. The van der Waals surface area contributed by atoms with Crippen LogP contribution < -0.4 is 14.8 Å². The molecule has 4 bridgehead atoms. The van der Waals surface area contributed by atoms with Crippen molar-refractivity contribution in [3.05, 3.63) is 59.7 Å². The fraction of sp³-hybridized carbons (Fsp3) is 0.556. The summed E-state index contributed by atoms with van der Waals surface area (Å²) in [4.78, 5) is 0. The summed E-state index contributed by atoms with van der Waals surface area (Å²) in [6.07, 6.45) is 8.86. The van der Waals surface area contributed by atoms with Gasteiger partial charge in [-0.05, 0) is 91.9 Å². The number of hydrogen-bond donors (Lipinski definition) is 1. The van der Waals surface area contributed by atoms with E-state index >= 15 is 0 Å². The van der Waals surface area contributed by atoms with Gasteiger partial charge in [-0.2, -0.15) is 0 Å². The molecule has 0 spiro atoms. The Kier molecular flexibility index (Phi) is 5.49. The lowest BCUT2D eigenvalue weighted by Gasteiger charge is -2.59. The average Bonchev–Trinajstić information content (AvgIpc) is 2.76. The third-order valence-corrected chi connectivity index (χ3v) is 8.08. The topological polar surface area (TPSA) is 30.5 Å². The van der Waals surface area contributed by atoms with Gasteiger partial charge in [0, 0.05) is 12.6 Å². The molecule has 3 nitrogen and oxygen atoms in total. The highest BCUT2D eigenvalue weighted by molar-refractivity contribution is 5.43. The van der Waals surface area contributed by atoms with E-state index in [4.69, 9.17) is 9.47 Å². The molecule has 1 N–H and O–H groups in total. The molecular weight excluding hydrogens is 370 g/mol. The molecule has 4 saturated carbocycles. The van der Waals surface area contributed by atoms with Crippen LogP contribution in [0.4, 0.5) is 0 Å². The van der Waals surface area contributed by atoms with Crippen molar-refractivity contribution in [3.63, 3.8) is 0 Å². The molecule has 2 aromatic rings. The van der Waals surface area contributed by atoms with Crippen LogP contribution in [-0.2, 0) is 13.2 Å². The van der Waals surface area contributed by atoms with Gasteiger partial charge >= 0.3 is 0 Å². The molecular formula is C27H35NO2. The zero-order valence-corrected chi connectivity index (χ0v) is 18.4. The van der Waals surface area contributed by atoms with E-state index in [-0.39, 0.29) is 0 Å². The summed E-state index contributed by atoms with van der Waals surface area (Å²) < 4.78 is 11.6. The van der Waals surface area contributed by atoms with Crippen LogP contribution in [0.5, 0.6) is 11.5 Å². The normalized spacial score (nSPS) is 30.3. The van der Waals surface area contributed by atoms with Crippen LogP contribution in [0.2, 0.25) is 0 Å². The highest BCUT2D eigenvalue weighted by Gasteiger charge is 2.52. The largest absolute Gasteiger partial charge is 0.493 e. The molecule has 1 atom stereocenters. The fourth-order valence-electron chi connectivity index (χ4n) is 6.87. The minimum atomic E-state index is 0.539. The maximum Gasteiger partial charge on any atom is 0.161 e. The highest BCUT2D eigenvalue weighted by Crippen LogP contribution is 2.61. The molecule has 4 fully saturated rings. The van der Waals surface area contributed by atoms with Crippen LogP contribution in [-0.4, -0.2) is 13.2 Å². The van der Waals surface area contributed by atoms with Crippen LogP contribution in [0.1, 0.15) is 56.6 Å². The van der Waals surface area contributed by atoms with E-state index < -0.39 is 0 Å². The van der Waals surface area contributed by atoms with E-state index in [9.17, 15) is 0 Å². The third kappa shape index (κ3) is 3.97. The highest BCUT2D eigenvalue weighted by atomic mass is 16.5. The van der Waals surface area contributed by atoms with Crippen LogP contribution in [0, 0.1) is 23.2 Å². The molecule has 0 aromatic heterocycles. The van der Waals surface area contributed by atoms with Gasteiger partial charge in [0.25, 0.3) is 0 Å². The Balaban J connectivity index is 1.21. The second-order valence-electron chi connectivity index (χ2n) is 10.1. The van der Waals surface area contributed by atoms with Crippen LogP contribution >= 0.6 is 0 Å². The molecule has 4 aliphatic rings. The number of benzene rings is 2. The Morgan fingerprint density at radius 3 is 2.20 bits per heavy atom. The van der Waals surface area contributed by atoms with Crippen molar-refractivity contribution in [1.82, 2.24) is 5.32 Å². The lowest BCUT2D eigenvalue weighted by Crippen LogP contribution is -2.54. The van der Waals surface area contributed by atoms with Gasteiger partial charge in [0.2, 0.25) is 0 Å². The number of rotatable bonds is 8. The summed E-state index contributed by atoms with van der Waals surface area (Å²) in [6.45, 7) is 3.87. The standard InChI is InChI=1S/C27H35NO2/c1-19(27-14-22-10-23(15-27)12-24(11-22)16-27)28-17-21-8-9-25(26(13-21)29-2)30-18-20-6-4-3-5-7-20/h3-9,13,19,22-24,28H,10-12,14-18H2,1-2H3. The Morgan fingerprint density at radius 2 is 1.57 bits per heavy atom. The van der Waals surface area contributed by atoms with Crippen LogP contribution in [0.3, 0.4) is 0 Å². The maximum atomic E-state index is 6.01. The molecule has 160 valence electrons. The van der Waals surface area contributed by atoms with Crippen molar-refractivity contribution in [2.45, 2.75) is 64.6 Å². The SMILES string of the molecule is COc1cc(CNC(C)C23CC4CC(CC(C4)C2)C3)ccc1OCc1ccccc1. The molecule has 6 rings (SSSR count). The van der Waals surface area contributed by atoms with Gasteiger partial charge in [-0.3, -0.25) is 0 Å². The van der Waals surface area contributed by atoms with E-state index in [2.05, 4.69) is 36.5 Å². The number of methoxy groups -OCH3 is 1. The first-order valence-corrected chi connectivity index (χ1v) is 11.7. The number of ether oxygens (including phenoxy) is 2. The van der Waals surface area contributed by atoms with Crippen molar-refractivity contribution in [3.8, 4) is 11.5 Å². The first-order chi connectivity index (χ1) is 14.6. The van der Waals surface area contributed by atoms with E-state index in [0.29, 0.717) is 18.1 Å². The van der Waals surface area contributed by atoms with Gasteiger partial charge < -0.3 is 14.8 Å². The van der Waals surface area contributed by atoms with E-state index in [1.54, 1.807) is 7.11 Å². The van der Waals surface area contributed by atoms with Crippen molar-refractivity contribution in [2.24, 2.45) is 23.2 Å². The van der Waals surface area contributed by atoms with E-state index in [0.717, 1.165) is 41.4 Å². The van der Waals surface area contributed by atoms with Gasteiger partial charge in [0.05, 0.1) is 7.11 Å². The fourth-order valence-corrected chi connectivity index (χ4v) is 6.87. The smallest absolute Gasteiger partial charge is 0.161 e. The lowest BCUT2D eigenvalue weighted by atomic mass is 9.48. The summed E-state index contributed by atoms with van der Waals surface area (Å²) in [6, 6.07) is 17.2. The Morgan fingerprint density at radius 1 is 0.900 bits per heavy atom. The van der Waals surface area contributed by atoms with Crippen molar-refractivity contribution in [2.75, 3.05) is 7.11 Å². The summed E-state index contributed by atoms with van der Waals surface area (Å²) in [7, 11) is 1.72. The summed E-state index contributed by atoms with van der Waals surface area (Å²) in [5.74, 6) is 4.62. The van der Waals surface area contributed by atoms with Crippen LogP contribution in [0.15, 0.2) is 48.5 Å². The van der Waals surface area contributed by atoms with Gasteiger partial charge in [0.1, 0.15) is 6.61 Å². The second-order valence-corrected chi connectivity index (χ2v) is 10.1. The van der Waals surface area contributed by atoms with Crippen molar-refractivity contribution < 1.29 is 9.47 Å². The minimum Gasteiger partial charge on any atom is -0.493 e. The summed E-state index contributed by atoms with van der Waals surface area (Å²) >= 11 is 0. The summed E-state index contributed by atoms with van der Waals surface area (Å²) in [5.41, 5.74) is 2.96. The average molecular weight is 406 g/mol. The first kappa shape index (κ1) is 19.9. The van der Waals surface area contributed by atoms with Crippen molar-refractivity contribution >= 4 is 0 Å². The monoisotopic (exact) mass is 405 g/mol. The zero-order valence-electron chi connectivity index (χ0n) is 18.4. The van der Waals surface area contributed by atoms with E-state index in [1.165, 1.54) is 44.1 Å². The molecule has 2 aromatic carbocycles. The molecule has 0 saturated heterocycles. The lowest BCUT2D eigenvalue weighted by molar-refractivity contribution is -0.0706. The maximum absolute atomic E-state index is 6.01. The van der Waals surface area contributed by atoms with Gasteiger partial charge in [-0.15, -0.1) is 0 Å². The molecule has 0 radical (unpaired) electrons. The van der Waals surface area contributed by atoms with Gasteiger partial charge in [-0.1, -0.05) is 36.4 Å². The summed E-state index contributed by atoms with van der Waals surface area (Å²) in [5, 5.41) is 3.89. The molecule has 3 heteroatoms. The van der Waals surface area contributed by atoms with Crippen LogP contribution in [0.25, 0.3) is 0 Å². The second kappa shape index (κ2) is 8.26. The molecule has 30 heavy (non-hydrogen) atoms. The van der Waals surface area contributed by atoms with Gasteiger partial charge in [0.15, 0.2) is 11.5 Å². The van der Waals surface area contributed by atoms with E-state index in [1.807, 2.05) is 24.3 Å². The Labute approximate surface area is 181 Å². The number of hydrogen-bond acceptors (Lipinski definition) is 3. The Hall–Kier alpha value is -2.00. The molecule has 0 aliphatic heterocycles. The van der Waals surface area contributed by atoms with Gasteiger partial charge in [-0.25, -0.2) is 0 Å². The Bertz CT molecular complexity index is 827. The molecule has 1 unspecified atom stereocenters. The number of nitrogens with one attached hydrogen (secondary N) is 1.